The lowest BCUT2D eigenvalue weighted by molar-refractivity contribution is -0.117. The Morgan fingerprint density at radius 1 is 1.22 bits per heavy atom. The van der Waals surface area contributed by atoms with Crippen LogP contribution in [-0.4, -0.2) is 45.0 Å². The third-order valence-corrected chi connectivity index (χ3v) is 7.48. The van der Waals surface area contributed by atoms with Gasteiger partial charge in [0.2, 0.25) is 15.9 Å². The Morgan fingerprint density at radius 3 is 2.62 bits per heavy atom. The number of hydrogen-bond acceptors (Lipinski definition) is 7. The highest BCUT2D eigenvalue weighted by molar-refractivity contribution is 7.99. The number of amides is 1. The van der Waals surface area contributed by atoms with E-state index in [1.165, 1.54) is 23.5 Å². The smallest absolute Gasteiger partial charge is 0.249 e. The molecule has 0 unspecified atom stereocenters. The molecule has 8 nitrogen and oxygen atoms in total. The molecule has 0 saturated heterocycles. The Labute approximate surface area is 195 Å². The molecule has 1 amide bonds. The number of aromatic nitrogens is 1. The number of sulfonamides is 1. The number of primary sulfonamides is 1. The average molecular weight is 496 g/mol. The van der Waals surface area contributed by atoms with Crippen LogP contribution in [0.25, 0.3) is 10.2 Å². The van der Waals surface area contributed by atoms with Crippen LogP contribution in [0.5, 0.6) is 5.75 Å². The van der Waals surface area contributed by atoms with Gasteiger partial charge < -0.3 is 14.0 Å². The highest BCUT2D eigenvalue weighted by Gasteiger charge is 2.13. The molecular formula is C21H25N3O5S3. The first-order chi connectivity index (χ1) is 15.3. The highest BCUT2D eigenvalue weighted by atomic mass is 32.2. The number of fused-ring (bicyclic) bond motifs is 1. The average Bonchev–Trinajstić information content (AvgIpc) is 3.10. The molecule has 3 aromatic rings. The summed E-state index contributed by atoms with van der Waals surface area (Å²) < 4.78 is 36.6. The summed E-state index contributed by atoms with van der Waals surface area (Å²) in [5.74, 6) is 1.13. The van der Waals surface area contributed by atoms with Crippen molar-refractivity contribution in [3.63, 3.8) is 0 Å². The van der Waals surface area contributed by atoms with Gasteiger partial charge in [-0.05, 0) is 49.4 Å². The van der Waals surface area contributed by atoms with Gasteiger partial charge in [-0.3, -0.25) is 4.79 Å². The lowest BCUT2D eigenvalue weighted by Gasteiger charge is -2.06. The molecule has 32 heavy (non-hydrogen) atoms. The van der Waals surface area contributed by atoms with Gasteiger partial charge in [-0.2, -0.15) is 4.99 Å². The maximum Gasteiger partial charge on any atom is 0.249 e. The number of ether oxygens (including phenoxy) is 2. The van der Waals surface area contributed by atoms with Crippen LogP contribution in [-0.2, 0) is 26.1 Å². The van der Waals surface area contributed by atoms with Gasteiger partial charge in [-0.1, -0.05) is 11.3 Å². The van der Waals surface area contributed by atoms with Crippen LogP contribution in [0, 0.1) is 0 Å². The number of benzene rings is 2. The van der Waals surface area contributed by atoms with Crippen molar-refractivity contribution >= 4 is 49.2 Å². The third-order valence-electron chi connectivity index (χ3n) is 4.51. The number of methoxy groups -OCH3 is 1. The molecule has 0 aliphatic rings. The van der Waals surface area contributed by atoms with E-state index in [9.17, 15) is 13.2 Å². The number of thioether (sulfide) groups is 1. The van der Waals surface area contributed by atoms with Crippen molar-refractivity contribution in [1.82, 2.24) is 4.57 Å². The number of carbonyl (C=O) groups is 1. The summed E-state index contributed by atoms with van der Waals surface area (Å²) >= 11 is 2.82. The zero-order valence-corrected chi connectivity index (χ0v) is 20.3. The number of rotatable bonds is 10. The molecule has 1 aromatic heterocycles. The largest absolute Gasteiger partial charge is 0.497 e. The molecule has 0 bridgehead atoms. The van der Waals surface area contributed by atoms with E-state index in [-0.39, 0.29) is 17.2 Å². The van der Waals surface area contributed by atoms with Crippen molar-refractivity contribution in [2.75, 3.05) is 26.1 Å². The predicted molar refractivity (Wildman–Crippen MR) is 127 cm³/mol. The van der Waals surface area contributed by atoms with Crippen molar-refractivity contribution in [1.29, 1.82) is 0 Å². The lowest BCUT2D eigenvalue weighted by Crippen LogP contribution is -2.20. The minimum Gasteiger partial charge on any atom is -0.497 e. The quantitative estimate of drug-likeness (QED) is 0.342. The monoisotopic (exact) mass is 495 g/mol. The van der Waals surface area contributed by atoms with Gasteiger partial charge in [0.05, 0.1) is 28.8 Å². The minimum absolute atomic E-state index is 0.0250. The first kappa shape index (κ1) is 24.5. The Morgan fingerprint density at radius 2 is 1.97 bits per heavy atom. The van der Waals surface area contributed by atoms with Gasteiger partial charge in [0.1, 0.15) is 5.75 Å². The van der Waals surface area contributed by atoms with Crippen LogP contribution in [0.2, 0.25) is 0 Å². The van der Waals surface area contributed by atoms with Gasteiger partial charge in [-0.25, -0.2) is 13.6 Å². The molecule has 0 atom stereocenters. The van der Waals surface area contributed by atoms with E-state index in [2.05, 4.69) is 4.99 Å². The number of thiazole rings is 1. The summed E-state index contributed by atoms with van der Waals surface area (Å²) in [5.41, 5.74) is 0.779. The van der Waals surface area contributed by atoms with Gasteiger partial charge in [-0.15, -0.1) is 11.8 Å². The van der Waals surface area contributed by atoms with Crippen molar-refractivity contribution in [3.8, 4) is 5.75 Å². The maximum atomic E-state index is 12.5. The molecule has 1 heterocycles. The van der Waals surface area contributed by atoms with Gasteiger partial charge in [0.15, 0.2) is 4.80 Å². The number of carbonyl (C=O) groups excluding carboxylic acids is 1. The van der Waals surface area contributed by atoms with E-state index < -0.39 is 10.0 Å². The maximum absolute atomic E-state index is 12.5. The summed E-state index contributed by atoms with van der Waals surface area (Å²) in [6, 6.07) is 12.3. The van der Waals surface area contributed by atoms with Gasteiger partial charge in [0.25, 0.3) is 0 Å². The second-order valence-corrected chi connectivity index (χ2v) is 10.4. The zero-order valence-electron chi connectivity index (χ0n) is 17.8. The Bertz CT molecular complexity index is 1250. The standard InChI is InChI=1S/C21H25N3O5S3/c1-3-29-12-11-24-18-9-8-17(32(22,26)27)14-19(18)31-21(24)23-20(25)10-13-30-16-6-4-15(28-2)5-7-16/h4-9,14H,3,10-13H2,1-2H3,(H2,22,26,27). The van der Waals surface area contributed by atoms with Crippen LogP contribution in [0.15, 0.2) is 57.2 Å². The number of nitrogens with two attached hydrogens (primary N) is 1. The molecule has 2 N–H and O–H groups in total. The molecule has 0 radical (unpaired) electrons. The van der Waals surface area contributed by atoms with E-state index >= 15 is 0 Å². The molecular weight excluding hydrogens is 470 g/mol. The highest BCUT2D eigenvalue weighted by Crippen LogP contribution is 2.23. The molecule has 11 heteroatoms. The van der Waals surface area contributed by atoms with Crippen LogP contribution < -0.4 is 14.7 Å². The van der Waals surface area contributed by atoms with Crippen molar-refractivity contribution in [3.05, 3.63) is 47.3 Å². The van der Waals surface area contributed by atoms with Crippen LogP contribution >= 0.6 is 23.1 Å². The van der Waals surface area contributed by atoms with E-state index in [0.29, 0.717) is 35.0 Å². The second-order valence-electron chi connectivity index (χ2n) is 6.69. The Kier molecular flexibility index (Phi) is 8.49. The summed E-state index contributed by atoms with van der Waals surface area (Å²) in [5, 5.41) is 5.25. The number of hydrogen-bond donors (Lipinski definition) is 1. The fraction of sp³-hybridized carbons (Fsp3) is 0.333. The molecule has 3 rings (SSSR count). The second kappa shape index (κ2) is 11.1. The Hall–Kier alpha value is -2.18. The van der Waals surface area contributed by atoms with E-state index in [1.54, 1.807) is 24.9 Å². The van der Waals surface area contributed by atoms with Gasteiger partial charge in [0, 0.05) is 30.2 Å². The molecule has 0 aliphatic carbocycles. The molecule has 172 valence electrons. The minimum atomic E-state index is -3.82. The number of nitrogens with zero attached hydrogens (tertiary/aromatic N) is 2. The predicted octanol–water partition coefficient (Wildman–Crippen LogP) is 3.01. The normalized spacial score (nSPS) is 12.4. The van der Waals surface area contributed by atoms with Crippen LogP contribution in [0.1, 0.15) is 13.3 Å². The fourth-order valence-corrected chi connectivity index (χ4v) is 5.49. The summed E-state index contributed by atoms with van der Waals surface area (Å²) in [4.78, 5) is 18.4. The summed E-state index contributed by atoms with van der Waals surface area (Å²) in [6.45, 7) is 3.43. The first-order valence-electron chi connectivity index (χ1n) is 9.90. The van der Waals surface area contributed by atoms with E-state index in [4.69, 9.17) is 14.6 Å². The van der Waals surface area contributed by atoms with Crippen molar-refractivity contribution < 1.29 is 22.7 Å². The molecule has 0 spiro atoms. The molecule has 0 aliphatic heterocycles. The zero-order chi connectivity index (χ0) is 23.1. The molecule has 0 saturated carbocycles. The Balaban J connectivity index is 1.80. The van der Waals surface area contributed by atoms with E-state index in [1.807, 2.05) is 35.8 Å². The van der Waals surface area contributed by atoms with Gasteiger partial charge >= 0.3 is 0 Å². The molecule has 0 fully saturated rings. The summed E-state index contributed by atoms with van der Waals surface area (Å²) in [6.07, 6.45) is 0.277. The summed E-state index contributed by atoms with van der Waals surface area (Å²) in [7, 11) is -2.20. The van der Waals surface area contributed by atoms with Crippen molar-refractivity contribution in [2.24, 2.45) is 10.1 Å². The topological polar surface area (TPSA) is 113 Å². The first-order valence-corrected chi connectivity index (χ1v) is 13.2. The van der Waals surface area contributed by atoms with Crippen LogP contribution in [0.4, 0.5) is 0 Å². The lowest BCUT2D eigenvalue weighted by atomic mass is 10.3. The molecule has 2 aromatic carbocycles. The van der Waals surface area contributed by atoms with Crippen LogP contribution in [0.3, 0.4) is 0 Å². The SMILES string of the molecule is CCOCCn1c(=NC(=O)CCSc2ccc(OC)cc2)sc2cc(S(N)(=O)=O)ccc21. The van der Waals surface area contributed by atoms with E-state index in [0.717, 1.165) is 16.2 Å². The third kappa shape index (κ3) is 6.42. The fourth-order valence-electron chi connectivity index (χ4n) is 2.92. The van der Waals surface area contributed by atoms with Crippen molar-refractivity contribution in [2.45, 2.75) is 29.7 Å².